The second kappa shape index (κ2) is 6.29. The highest BCUT2D eigenvalue weighted by Crippen LogP contribution is 2.37. The third kappa shape index (κ3) is 2.61. The number of aryl methyl sites for hydroxylation is 2. The SMILES string of the molecule is Cc1c(C)c2cc3c(c(C)c2oc1=O)OCN(C(C)c1ccccc1)C3. The van der Waals surface area contributed by atoms with E-state index in [0.29, 0.717) is 17.9 Å². The highest BCUT2D eigenvalue weighted by Gasteiger charge is 2.26. The lowest BCUT2D eigenvalue weighted by Gasteiger charge is -2.34. The zero-order valence-corrected chi connectivity index (χ0v) is 15.6. The summed E-state index contributed by atoms with van der Waals surface area (Å²) in [6, 6.07) is 12.8. The molecule has 2 heterocycles. The summed E-state index contributed by atoms with van der Waals surface area (Å²) in [4.78, 5) is 14.4. The van der Waals surface area contributed by atoms with Crippen molar-refractivity contribution in [2.75, 3.05) is 6.73 Å². The van der Waals surface area contributed by atoms with Crippen LogP contribution in [-0.4, -0.2) is 11.6 Å². The molecule has 0 aliphatic carbocycles. The summed E-state index contributed by atoms with van der Waals surface area (Å²) in [5.74, 6) is 0.848. The first-order valence-corrected chi connectivity index (χ1v) is 8.95. The number of ether oxygens (including phenoxy) is 1. The lowest BCUT2D eigenvalue weighted by atomic mass is 9.98. The van der Waals surface area contributed by atoms with Gasteiger partial charge >= 0.3 is 5.63 Å². The Morgan fingerprint density at radius 2 is 1.77 bits per heavy atom. The molecule has 0 bridgehead atoms. The van der Waals surface area contributed by atoms with Crippen molar-refractivity contribution in [1.82, 2.24) is 4.90 Å². The van der Waals surface area contributed by atoms with Crippen LogP contribution in [0.3, 0.4) is 0 Å². The summed E-state index contributed by atoms with van der Waals surface area (Å²) >= 11 is 0. The van der Waals surface area contributed by atoms with Crippen LogP contribution >= 0.6 is 0 Å². The molecular formula is C22H23NO3. The summed E-state index contributed by atoms with van der Waals surface area (Å²) in [7, 11) is 0. The van der Waals surface area contributed by atoms with Crippen LogP contribution in [0.1, 0.15) is 40.8 Å². The topological polar surface area (TPSA) is 42.7 Å². The summed E-state index contributed by atoms with van der Waals surface area (Å²) in [6.45, 7) is 9.29. The van der Waals surface area contributed by atoms with Crippen molar-refractivity contribution in [3.05, 3.63) is 74.6 Å². The monoisotopic (exact) mass is 349 g/mol. The van der Waals surface area contributed by atoms with Crippen LogP contribution in [0, 0.1) is 20.8 Å². The molecule has 1 aliphatic rings. The maximum Gasteiger partial charge on any atom is 0.339 e. The van der Waals surface area contributed by atoms with Gasteiger partial charge in [0, 0.05) is 34.7 Å². The van der Waals surface area contributed by atoms with Gasteiger partial charge in [-0.2, -0.15) is 0 Å². The Balaban J connectivity index is 1.78. The Labute approximate surface area is 153 Å². The standard InChI is InChI=1S/C22H23NO3/c1-13-14(2)22(24)26-21-15(3)20-18(10-19(13)21)11-23(12-25-20)16(4)17-8-6-5-7-9-17/h5-10,16H,11-12H2,1-4H3. The van der Waals surface area contributed by atoms with Crippen molar-refractivity contribution in [1.29, 1.82) is 0 Å². The van der Waals surface area contributed by atoms with Crippen LogP contribution in [-0.2, 0) is 6.54 Å². The maximum atomic E-state index is 12.1. The van der Waals surface area contributed by atoms with Crippen molar-refractivity contribution in [3.63, 3.8) is 0 Å². The average molecular weight is 349 g/mol. The molecule has 1 unspecified atom stereocenters. The van der Waals surface area contributed by atoms with E-state index < -0.39 is 0 Å². The number of hydrogen-bond acceptors (Lipinski definition) is 4. The minimum absolute atomic E-state index is 0.261. The molecule has 0 saturated carbocycles. The van der Waals surface area contributed by atoms with Crippen molar-refractivity contribution < 1.29 is 9.15 Å². The van der Waals surface area contributed by atoms with E-state index in [0.717, 1.165) is 34.4 Å². The van der Waals surface area contributed by atoms with Crippen LogP contribution in [0.4, 0.5) is 0 Å². The van der Waals surface area contributed by atoms with Gasteiger partial charge in [0.25, 0.3) is 0 Å². The fourth-order valence-electron chi connectivity index (χ4n) is 3.71. The molecule has 0 saturated heterocycles. The quantitative estimate of drug-likeness (QED) is 0.633. The van der Waals surface area contributed by atoms with Crippen LogP contribution in [0.15, 0.2) is 45.6 Å². The van der Waals surface area contributed by atoms with Crippen LogP contribution in [0.25, 0.3) is 11.0 Å². The van der Waals surface area contributed by atoms with Gasteiger partial charge in [0.15, 0.2) is 0 Å². The summed E-state index contributed by atoms with van der Waals surface area (Å²) in [6.07, 6.45) is 0. The third-order valence-corrected chi connectivity index (χ3v) is 5.58. The zero-order chi connectivity index (χ0) is 18.4. The Kier molecular flexibility index (Phi) is 4.08. The average Bonchev–Trinajstić information content (AvgIpc) is 2.67. The Hall–Kier alpha value is -2.59. The first-order chi connectivity index (χ1) is 12.5. The molecule has 4 rings (SSSR count). The van der Waals surface area contributed by atoms with Gasteiger partial charge in [-0.25, -0.2) is 4.79 Å². The van der Waals surface area contributed by atoms with E-state index in [1.807, 2.05) is 26.8 Å². The smallest absolute Gasteiger partial charge is 0.339 e. The normalized spacial score (nSPS) is 15.5. The molecule has 3 aromatic rings. The first kappa shape index (κ1) is 16.9. The van der Waals surface area contributed by atoms with Crippen LogP contribution in [0.5, 0.6) is 5.75 Å². The van der Waals surface area contributed by atoms with Gasteiger partial charge in [0.2, 0.25) is 0 Å². The lowest BCUT2D eigenvalue weighted by molar-refractivity contribution is 0.0613. The summed E-state index contributed by atoms with van der Waals surface area (Å²) in [5.41, 5.74) is 5.34. The molecule has 26 heavy (non-hydrogen) atoms. The van der Waals surface area contributed by atoms with Crippen molar-refractivity contribution in [2.45, 2.75) is 40.3 Å². The Morgan fingerprint density at radius 1 is 1.04 bits per heavy atom. The molecule has 1 atom stereocenters. The second-order valence-corrected chi connectivity index (χ2v) is 7.11. The molecule has 134 valence electrons. The van der Waals surface area contributed by atoms with Crippen molar-refractivity contribution in [3.8, 4) is 5.75 Å². The zero-order valence-electron chi connectivity index (χ0n) is 15.6. The molecular weight excluding hydrogens is 326 g/mol. The van der Waals surface area contributed by atoms with E-state index in [2.05, 4.69) is 42.2 Å². The van der Waals surface area contributed by atoms with E-state index in [4.69, 9.17) is 9.15 Å². The van der Waals surface area contributed by atoms with Crippen molar-refractivity contribution >= 4 is 11.0 Å². The largest absolute Gasteiger partial charge is 0.477 e. The van der Waals surface area contributed by atoms with E-state index in [1.54, 1.807) is 0 Å². The van der Waals surface area contributed by atoms with E-state index in [-0.39, 0.29) is 11.7 Å². The minimum Gasteiger partial charge on any atom is -0.477 e. The predicted octanol–water partition coefficient (Wildman–Crippen LogP) is 4.63. The maximum absolute atomic E-state index is 12.1. The molecule has 0 fully saturated rings. The molecule has 0 spiro atoms. The molecule has 0 radical (unpaired) electrons. The summed E-state index contributed by atoms with van der Waals surface area (Å²) < 4.78 is 11.7. The highest BCUT2D eigenvalue weighted by atomic mass is 16.5. The fourth-order valence-corrected chi connectivity index (χ4v) is 3.71. The predicted molar refractivity (Wildman–Crippen MR) is 103 cm³/mol. The number of rotatable bonds is 2. The summed E-state index contributed by atoms with van der Waals surface area (Å²) in [5, 5.41) is 0.996. The molecule has 0 N–H and O–H groups in total. The van der Waals surface area contributed by atoms with Gasteiger partial charge < -0.3 is 9.15 Å². The van der Waals surface area contributed by atoms with Gasteiger partial charge in [-0.15, -0.1) is 0 Å². The van der Waals surface area contributed by atoms with Gasteiger partial charge in [-0.1, -0.05) is 30.3 Å². The Bertz CT molecular complexity index is 1040. The third-order valence-electron chi connectivity index (χ3n) is 5.58. The van der Waals surface area contributed by atoms with Gasteiger partial charge in [-0.3, -0.25) is 4.90 Å². The molecule has 4 nitrogen and oxygen atoms in total. The minimum atomic E-state index is -0.270. The highest BCUT2D eigenvalue weighted by molar-refractivity contribution is 5.87. The van der Waals surface area contributed by atoms with Crippen molar-refractivity contribution in [2.24, 2.45) is 0 Å². The molecule has 2 aromatic carbocycles. The van der Waals surface area contributed by atoms with E-state index in [1.165, 1.54) is 5.56 Å². The fraction of sp³-hybridized carbons (Fsp3) is 0.318. The number of nitrogens with zero attached hydrogens (tertiary/aromatic N) is 1. The number of fused-ring (bicyclic) bond motifs is 2. The Morgan fingerprint density at radius 3 is 2.50 bits per heavy atom. The number of benzene rings is 2. The molecule has 0 amide bonds. The van der Waals surface area contributed by atoms with Gasteiger partial charge in [0.05, 0.1) is 0 Å². The van der Waals surface area contributed by atoms with E-state index in [9.17, 15) is 4.79 Å². The molecule has 4 heteroatoms. The lowest BCUT2D eigenvalue weighted by Crippen LogP contribution is -2.34. The van der Waals surface area contributed by atoms with E-state index >= 15 is 0 Å². The molecule has 1 aliphatic heterocycles. The van der Waals surface area contributed by atoms with Crippen LogP contribution < -0.4 is 10.4 Å². The molecule has 1 aromatic heterocycles. The van der Waals surface area contributed by atoms with Gasteiger partial charge in [0.1, 0.15) is 18.1 Å². The first-order valence-electron chi connectivity index (χ1n) is 8.95. The van der Waals surface area contributed by atoms with Crippen LogP contribution in [0.2, 0.25) is 0 Å². The second-order valence-electron chi connectivity index (χ2n) is 7.11. The number of hydrogen-bond donors (Lipinski definition) is 0. The van der Waals surface area contributed by atoms with Gasteiger partial charge in [-0.05, 0) is 44.9 Å².